The van der Waals surface area contributed by atoms with Crippen LogP contribution in [0.5, 0.6) is 11.5 Å². The van der Waals surface area contributed by atoms with Crippen molar-refractivity contribution in [3.8, 4) is 11.5 Å². The molecule has 0 amide bonds. The predicted octanol–water partition coefficient (Wildman–Crippen LogP) is 3.69. The van der Waals surface area contributed by atoms with Crippen LogP contribution in [-0.4, -0.2) is 5.84 Å². The topological polar surface area (TPSA) is 59.1 Å². The fourth-order valence-electron chi connectivity index (χ4n) is 1.46. The van der Waals surface area contributed by atoms with Gasteiger partial charge in [-0.25, -0.2) is 8.78 Å². The summed E-state index contributed by atoms with van der Waals surface area (Å²) < 4.78 is 31.6. The van der Waals surface area contributed by atoms with Crippen molar-refractivity contribution < 1.29 is 13.5 Å². The van der Waals surface area contributed by atoms with Gasteiger partial charge in [-0.1, -0.05) is 11.6 Å². The van der Waals surface area contributed by atoms with E-state index in [4.69, 9.17) is 27.5 Å². The molecule has 0 atom stereocenters. The number of amidine groups is 1. The molecule has 0 aliphatic carbocycles. The third kappa shape index (κ3) is 3.00. The molecule has 19 heavy (non-hydrogen) atoms. The van der Waals surface area contributed by atoms with Gasteiger partial charge in [0.1, 0.15) is 17.4 Å². The third-order valence-corrected chi connectivity index (χ3v) is 2.66. The van der Waals surface area contributed by atoms with Crippen molar-refractivity contribution >= 4 is 17.4 Å². The standard InChI is InChI=1S/C13H9ClF2N2O/c14-10-6-8(2-3-9(10)13(17)18)19-12-5-7(15)1-4-11(12)16/h1-6H,(H3,17,18). The molecule has 2 rings (SSSR count). The van der Waals surface area contributed by atoms with Gasteiger partial charge in [0.25, 0.3) is 0 Å². The zero-order valence-corrected chi connectivity index (χ0v) is 10.3. The van der Waals surface area contributed by atoms with Crippen molar-refractivity contribution in [3.63, 3.8) is 0 Å². The molecule has 3 N–H and O–H groups in total. The molecule has 0 aromatic heterocycles. The summed E-state index contributed by atoms with van der Waals surface area (Å²) in [6.45, 7) is 0. The van der Waals surface area contributed by atoms with E-state index in [1.807, 2.05) is 0 Å². The van der Waals surface area contributed by atoms with Gasteiger partial charge in [0.05, 0.1) is 5.02 Å². The highest BCUT2D eigenvalue weighted by Gasteiger charge is 2.09. The Hall–Kier alpha value is -2.14. The Morgan fingerprint density at radius 2 is 1.89 bits per heavy atom. The van der Waals surface area contributed by atoms with Crippen molar-refractivity contribution in [3.05, 3.63) is 58.6 Å². The molecular formula is C13H9ClF2N2O. The van der Waals surface area contributed by atoms with Gasteiger partial charge in [-0.15, -0.1) is 0 Å². The minimum absolute atomic E-state index is 0.187. The third-order valence-electron chi connectivity index (χ3n) is 2.35. The second-order valence-corrected chi connectivity index (χ2v) is 4.14. The van der Waals surface area contributed by atoms with Crippen LogP contribution in [0.2, 0.25) is 5.02 Å². The first-order valence-electron chi connectivity index (χ1n) is 5.24. The summed E-state index contributed by atoms with van der Waals surface area (Å²) >= 11 is 5.89. The molecule has 0 aliphatic rings. The van der Waals surface area contributed by atoms with Gasteiger partial charge in [0.2, 0.25) is 0 Å². The van der Waals surface area contributed by atoms with Gasteiger partial charge in [-0.2, -0.15) is 0 Å². The average molecular weight is 283 g/mol. The van der Waals surface area contributed by atoms with Crippen LogP contribution in [0.15, 0.2) is 36.4 Å². The van der Waals surface area contributed by atoms with E-state index in [1.54, 1.807) is 0 Å². The molecule has 0 fully saturated rings. The fraction of sp³-hybridized carbons (Fsp3) is 0. The van der Waals surface area contributed by atoms with Crippen molar-refractivity contribution in [1.82, 2.24) is 0 Å². The number of hydrogen-bond donors (Lipinski definition) is 2. The van der Waals surface area contributed by atoms with Crippen LogP contribution in [-0.2, 0) is 0 Å². The smallest absolute Gasteiger partial charge is 0.165 e. The molecule has 2 aromatic carbocycles. The van der Waals surface area contributed by atoms with Crippen LogP contribution >= 0.6 is 11.6 Å². The van der Waals surface area contributed by atoms with E-state index in [-0.39, 0.29) is 22.4 Å². The van der Waals surface area contributed by atoms with Crippen molar-refractivity contribution in [2.24, 2.45) is 5.73 Å². The molecule has 0 radical (unpaired) electrons. The van der Waals surface area contributed by atoms with E-state index in [2.05, 4.69) is 0 Å². The van der Waals surface area contributed by atoms with Crippen molar-refractivity contribution in [2.75, 3.05) is 0 Å². The molecule has 6 heteroatoms. The Kier molecular flexibility index (Phi) is 3.66. The lowest BCUT2D eigenvalue weighted by Gasteiger charge is -2.09. The lowest BCUT2D eigenvalue weighted by Crippen LogP contribution is -2.11. The Morgan fingerprint density at radius 1 is 1.16 bits per heavy atom. The van der Waals surface area contributed by atoms with Crippen molar-refractivity contribution in [1.29, 1.82) is 5.41 Å². The maximum absolute atomic E-state index is 13.4. The molecule has 0 spiro atoms. The highest BCUT2D eigenvalue weighted by Crippen LogP contribution is 2.28. The van der Waals surface area contributed by atoms with Crippen LogP contribution in [0, 0.1) is 17.0 Å². The summed E-state index contributed by atoms with van der Waals surface area (Å²) in [4.78, 5) is 0. The van der Waals surface area contributed by atoms with Gasteiger partial charge in [0, 0.05) is 17.7 Å². The number of halogens is 3. The molecule has 0 heterocycles. The van der Waals surface area contributed by atoms with Gasteiger partial charge in [0.15, 0.2) is 11.6 Å². The molecule has 98 valence electrons. The second kappa shape index (κ2) is 5.24. The number of nitrogen functional groups attached to an aromatic ring is 1. The minimum atomic E-state index is -0.687. The summed E-state index contributed by atoms with van der Waals surface area (Å²) in [5, 5.41) is 7.47. The Bertz CT molecular complexity index is 647. The second-order valence-electron chi connectivity index (χ2n) is 3.73. The van der Waals surface area contributed by atoms with Crippen LogP contribution in [0.1, 0.15) is 5.56 Å². The summed E-state index contributed by atoms with van der Waals surface area (Å²) in [5.74, 6) is -1.50. The minimum Gasteiger partial charge on any atom is -0.454 e. The maximum atomic E-state index is 13.4. The number of ether oxygens (including phenoxy) is 1. The van der Waals surface area contributed by atoms with Gasteiger partial charge >= 0.3 is 0 Å². The zero-order chi connectivity index (χ0) is 14.0. The van der Waals surface area contributed by atoms with E-state index >= 15 is 0 Å². The van der Waals surface area contributed by atoms with E-state index < -0.39 is 11.6 Å². The number of benzene rings is 2. The first-order valence-corrected chi connectivity index (χ1v) is 5.62. The molecule has 0 saturated carbocycles. The number of nitrogens with one attached hydrogen (secondary N) is 1. The number of hydrogen-bond acceptors (Lipinski definition) is 2. The maximum Gasteiger partial charge on any atom is 0.165 e. The van der Waals surface area contributed by atoms with E-state index in [0.29, 0.717) is 5.56 Å². The lowest BCUT2D eigenvalue weighted by atomic mass is 10.2. The highest BCUT2D eigenvalue weighted by molar-refractivity contribution is 6.34. The van der Waals surface area contributed by atoms with E-state index in [9.17, 15) is 8.78 Å². The molecule has 0 aliphatic heterocycles. The number of rotatable bonds is 3. The Morgan fingerprint density at radius 3 is 2.53 bits per heavy atom. The summed E-state index contributed by atoms with van der Waals surface area (Å²) in [7, 11) is 0. The Labute approximate surface area is 113 Å². The monoisotopic (exact) mass is 282 g/mol. The number of nitrogens with two attached hydrogens (primary N) is 1. The van der Waals surface area contributed by atoms with Crippen LogP contribution in [0.3, 0.4) is 0 Å². The van der Waals surface area contributed by atoms with Crippen LogP contribution in [0.4, 0.5) is 8.78 Å². The summed E-state index contributed by atoms with van der Waals surface area (Å²) in [6.07, 6.45) is 0. The van der Waals surface area contributed by atoms with Crippen LogP contribution < -0.4 is 10.5 Å². The molecule has 0 saturated heterocycles. The normalized spacial score (nSPS) is 10.3. The average Bonchev–Trinajstić information content (AvgIpc) is 2.33. The van der Waals surface area contributed by atoms with Crippen LogP contribution in [0.25, 0.3) is 0 Å². The fourth-order valence-corrected chi connectivity index (χ4v) is 1.73. The van der Waals surface area contributed by atoms with Gasteiger partial charge < -0.3 is 10.5 Å². The van der Waals surface area contributed by atoms with Gasteiger partial charge in [-0.3, -0.25) is 5.41 Å². The van der Waals surface area contributed by atoms with Gasteiger partial charge in [-0.05, 0) is 24.3 Å². The molecular weight excluding hydrogens is 274 g/mol. The SMILES string of the molecule is N=C(N)c1ccc(Oc2cc(F)ccc2F)cc1Cl. The zero-order valence-electron chi connectivity index (χ0n) is 9.58. The summed E-state index contributed by atoms with van der Waals surface area (Å²) in [5.41, 5.74) is 5.65. The molecule has 2 aromatic rings. The summed E-state index contributed by atoms with van der Waals surface area (Å²) in [6, 6.07) is 7.21. The van der Waals surface area contributed by atoms with Crippen molar-refractivity contribution in [2.45, 2.75) is 0 Å². The first kappa shape index (κ1) is 13.3. The molecule has 3 nitrogen and oxygen atoms in total. The molecule has 0 unspecified atom stereocenters. The Balaban J connectivity index is 2.31. The predicted molar refractivity (Wildman–Crippen MR) is 68.9 cm³/mol. The van der Waals surface area contributed by atoms with E-state index in [1.165, 1.54) is 18.2 Å². The largest absolute Gasteiger partial charge is 0.454 e. The lowest BCUT2D eigenvalue weighted by molar-refractivity contribution is 0.436. The van der Waals surface area contributed by atoms with E-state index in [0.717, 1.165) is 18.2 Å². The molecule has 0 bridgehead atoms. The quantitative estimate of drug-likeness (QED) is 0.666. The highest BCUT2D eigenvalue weighted by atomic mass is 35.5. The first-order chi connectivity index (χ1) is 8.97.